The van der Waals surface area contributed by atoms with Gasteiger partial charge in [0.25, 0.3) is 0 Å². The molecule has 1 N–H and O–H groups in total. The van der Waals surface area contributed by atoms with Crippen molar-refractivity contribution in [1.82, 2.24) is 5.32 Å². The van der Waals surface area contributed by atoms with Gasteiger partial charge < -0.3 is 9.47 Å². The highest BCUT2D eigenvalue weighted by Gasteiger charge is 2.32. The van der Waals surface area contributed by atoms with E-state index in [0.717, 1.165) is 25.9 Å². The fourth-order valence-electron chi connectivity index (χ4n) is 1.74. The van der Waals surface area contributed by atoms with Gasteiger partial charge in [0, 0.05) is 12.6 Å². The summed E-state index contributed by atoms with van der Waals surface area (Å²) in [5.74, 6) is -0.220. The van der Waals surface area contributed by atoms with E-state index in [-0.39, 0.29) is 18.1 Å². The van der Waals surface area contributed by atoms with Gasteiger partial charge in [0.2, 0.25) is 0 Å². The predicted molar refractivity (Wildman–Crippen MR) is 57.7 cm³/mol. The summed E-state index contributed by atoms with van der Waals surface area (Å²) in [4.78, 5) is 11.6. The Bertz CT molecular complexity index is 202. The van der Waals surface area contributed by atoms with Crippen LogP contribution in [0.4, 0.5) is 0 Å². The zero-order valence-corrected chi connectivity index (χ0v) is 9.79. The van der Waals surface area contributed by atoms with Gasteiger partial charge in [0.15, 0.2) is 0 Å². The van der Waals surface area contributed by atoms with Gasteiger partial charge in [-0.1, -0.05) is 6.92 Å². The van der Waals surface area contributed by atoms with E-state index in [4.69, 9.17) is 9.47 Å². The summed E-state index contributed by atoms with van der Waals surface area (Å²) in [6, 6.07) is -0.00856. The Morgan fingerprint density at radius 1 is 1.67 bits per heavy atom. The third-order valence-electron chi connectivity index (χ3n) is 2.87. The molecular formula is C11H21NO3. The summed E-state index contributed by atoms with van der Waals surface area (Å²) >= 11 is 0. The third-order valence-corrected chi connectivity index (χ3v) is 2.87. The summed E-state index contributed by atoms with van der Waals surface area (Å²) in [6.07, 6.45) is 2.93. The zero-order chi connectivity index (χ0) is 11.3. The second-order valence-electron chi connectivity index (χ2n) is 4.03. The highest BCUT2D eigenvalue weighted by Crippen LogP contribution is 2.17. The van der Waals surface area contributed by atoms with Crippen LogP contribution >= 0.6 is 0 Å². The number of nitrogens with one attached hydrogen (secondary N) is 1. The van der Waals surface area contributed by atoms with Crippen LogP contribution in [0.15, 0.2) is 0 Å². The van der Waals surface area contributed by atoms with Gasteiger partial charge in [0.05, 0.1) is 13.2 Å². The van der Waals surface area contributed by atoms with Crippen molar-refractivity contribution in [1.29, 1.82) is 0 Å². The number of methoxy groups -OCH3 is 1. The first-order chi connectivity index (χ1) is 7.19. The molecule has 4 nitrogen and oxygen atoms in total. The van der Waals surface area contributed by atoms with E-state index in [1.807, 2.05) is 0 Å². The Balaban J connectivity index is 2.55. The van der Waals surface area contributed by atoms with Gasteiger partial charge in [-0.2, -0.15) is 0 Å². The standard InChI is InChI=1S/C11H21NO3/c1-4-8(2)12-10(11(13)14-3)9-6-5-7-15-9/h8-10,12H,4-7H2,1-3H3. The van der Waals surface area contributed by atoms with Crippen molar-refractivity contribution in [2.24, 2.45) is 0 Å². The fourth-order valence-corrected chi connectivity index (χ4v) is 1.74. The lowest BCUT2D eigenvalue weighted by Gasteiger charge is -2.24. The largest absolute Gasteiger partial charge is 0.468 e. The molecule has 0 aromatic heterocycles. The average Bonchev–Trinajstić information content (AvgIpc) is 2.77. The molecule has 88 valence electrons. The molecule has 0 bridgehead atoms. The van der Waals surface area contributed by atoms with E-state index >= 15 is 0 Å². The van der Waals surface area contributed by atoms with Crippen LogP contribution < -0.4 is 5.32 Å². The number of hydrogen-bond donors (Lipinski definition) is 1. The average molecular weight is 215 g/mol. The summed E-state index contributed by atoms with van der Waals surface area (Å²) < 4.78 is 10.3. The molecule has 0 saturated carbocycles. The molecule has 0 aromatic rings. The number of ether oxygens (including phenoxy) is 2. The molecule has 0 amide bonds. The monoisotopic (exact) mass is 215 g/mol. The Kier molecular flexibility index (Phi) is 5.05. The highest BCUT2D eigenvalue weighted by molar-refractivity contribution is 5.76. The molecule has 0 spiro atoms. The van der Waals surface area contributed by atoms with E-state index in [1.165, 1.54) is 7.11 Å². The molecule has 15 heavy (non-hydrogen) atoms. The number of esters is 1. The predicted octanol–water partition coefficient (Wildman–Crippen LogP) is 1.10. The number of carbonyl (C=O) groups excluding carboxylic acids is 1. The van der Waals surface area contributed by atoms with Crippen LogP contribution in [0.25, 0.3) is 0 Å². The van der Waals surface area contributed by atoms with Crippen molar-refractivity contribution in [2.45, 2.75) is 51.3 Å². The van der Waals surface area contributed by atoms with Crippen molar-refractivity contribution >= 4 is 5.97 Å². The molecule has 4 heteroatoms. The number of rotatable bonds is 5. The van der Waals surface area contributed by atoms with E-state index in [0.29, 0.717) is 6.04 Å². The normalized spacial score (nSPS) is 24.9. The molecule has 0 aliphatic carbocycles. The zero-order valence-electron chi connectivity index (χ0n) is 9.79. The summed E-state index contributed by atoms with van der Waals surface area (Å²) in [6.45, 7) is 4.90. The molecule has 1 aliphatic heterocycles. The quantitative estimate of drug-likeness (QED) is 0.698. The molecule has 3 atom stereocenters. The van der Waals surface area contributed by atoms with Gasteiger partial charge in [0.1, 0.15) is 6.04 Å². The Hall–Kier alpha value is -0.610. The van der Waals surface area contributed by atoms with Crippen LogP contribution in [-0.2, 0) is 14.3 Å². The maximum atomic E-state index is 11.6. The molecular weight excluding hydrogens is 194 g/mol. The van der Waals surface area contributed by atoms with Crippen molar-refractivity contribution < 1.29 is 14.3 Å². The first-order valence-electron chi connectivity index (χ1n) is 5.64. The van der Waals surface area contributed by atoms with Crippen LogP contribution in [0.5, 0.6) is 0 Å². The smallest absolute Gasteiger partial charge is 0.325 e. The molecule has 0 aromatic carbocycles. The van der Waals surface area contributed by atoms with Gasteiger partial charge in [-0.05, 0) is 26.2 Å². The van der Waals surface area contributed by atoms with Crippen LogP contribution in [0, 0.1) is 0 Å². The second-order valence-corrected chi connectivity index (χ2v) is 4.03. The molecule has 1 heterocycles. The van der Waals surface area contributed by atoms with Crippen molar-refractivity contribution in [2.75, 3.05) is 13.7 Å². The van der Waals surface area contributed by atoms with Gasteiger partial charge in [-0.15, -0.1) is 0 Å². The molecule has 1 rings (SSSR count). The molecule has 1 fully saturated rings. The minimum atomic E-state index is -0.313. The number of hydrogen-bond acceptors (Lipinski definition) is 4. The first kappa shape index (κ1) is 12.5. The van der Waals surface area contributed by atoms with E-state index in [2.05, 4.69) is 19.2 Å². The Morgan fingerprint density at radius 3 is 2.87 bits per heavy atom. The minimum Gasteiger partial charge on any atom is -0.468 e. The topological polar surface area (TPSA) is 47.6 Å². The van der Waals surface area contributed by atoms with Crippen LogP contribution in [0.2, 0.25) is 0 Å². The maximum Gasteiger partial charge on any atom is 0.325 e. The maximum absolute atomic E-state index is 11.6. The lowest BCUT2D eigenvalue weighted by molar-refractivity contribution is -0.146. The van der Waals surface area contributed by atoms with Crippen molar-refractivity contribution in [3.05, 3.63) is 0 Å². The lowest BCUT2D eigenvalue weighted by atomic mass is 10.1. The van der Waals surface area contributed by atoms with Crippen molar-refractivity contribution in [3.8, 4) is 0 Å². The first-order valence-corrected chi connectivity index (χ1v) is 5.64. The van der Waals surface area contributed by atoms with Crippen LogP contribution in [0.3, 0.4) is 0 Å². The lowest BCUT2D eigenvalue weighted by Crippen LogP contribution is -2.49. The fraction of sp³-hybridized carbons (Fsp3) is 0.909. The van der Waals surface area contributed by atoms with E-state index in [1.54, 1.807) is 0 Å². The molecule has 0 radical (unpaired) electrons. The van der Waals surface area contributed by atoms with Crippen LogP contribution in [0.1, 0.15) is 33.1 Å². The van der Waals surface area contributed by atoms with Gasteiger partial charge >= 0.3 is 5.97 Å². The summed E-state index contributed by atoms with van der Waals surface area (Å²) in [5, 5.41) is 3.26. The summed E-state index contributed by atoms with van der Waals surface area (Å²) in [7, 11) is 1.42. The summed E-state index contributed by atoms with van der Waals surface area (Å²) in [5.41, 5.74) is 0. The SMILES string of the molecule is CCC(C)NC(C(=O)OC)C1CCCO1. The second kappa shape index (κ2) is 6.08. The Labute approximate surface area is 91.3 Å². The minimum absolute atomic E-state index is 0.0218. The van der Waals surface area contributed by atoms with Crippen LogP contribution in [-0.4, -0.2) is 37.9 Å². The Morgan fingerprint density at radius 2 is 2.40 bits per heavy atom. The highest BCUT2D eigenvalue weighted by atomic mass is 16.5. The molecule has 1 aliphatic rings. The third kappa shape index (κ3) is 3.47. The van der Waals surface area contributed by atoms with E-state index < -0.39 is 0 Å². The van der Waals surface area contributed by atoms with Gasteiger partial charge in [-0.3, -0.25) is 10.1 Å². The van der Waals surface area contributed by atoms with Crippen molar-refractivity contribution in [3.63, 3.8) is 0 Å². The molecule has 1 saturated heterocycles. The molecule has 3 unspecified atom stereocenters. The number of carbonyl (C=O) groups is 1. The van der Waals surface area contributed by atoms with E-state index in [9.17, 15) is 4.79 Å². The van der Waals surface area contributed by atoms with Gasteiger partial charge in [-0.25, -0.2) is 0 Å².